The lowest BCUT2D eigenvalue weighted by Gasteiger charge is -2.17. The van der Waals surface area contributed by atoms with E-state index in [0.717, 1.165) is 30.6 Å². The Balaban J connectivity index is 2.40. The highest BCUT2D eigenvalue weighted by molar-refractivity contribution is 6.45. The van der Waals surface area contributed by atoms with Gasteiger partial charge >= 0.3 is 6.03 Å². The van der Waals surface area contributed by atoms with Crippen molar-refractivity contribution in [3.8, 4) is 0 Å². The predicted octanol–water partition coefficient (Wildman–Crippen LogP) is 2.59. The first-order valence-corrected chi connectivity index (χ1v) is 6.34. The Morgan fingerprint density at radius 3 is 2.44 bits per heavy atom. The summed E-state index contributed by atoms with van der Waals surface area (Å²) in [7, 11) is 0. The van der Waals surface area contributed by atoms with Crippen molar-refractivity contribution < 1.29 is 9.59 Å². The summed E-state index contributed by atoms with van der Waals surface area (Å²) in [5.74, 6) is -0.324. The molecule has 4 nitrogen and oxygen atoms in total. The first-order valence-electron chi connectivity index (χ1n) is 5.47. The highest BCUT2D eigenvalue weighted by Gasteiger charge is 2.38. The van der Waals surface area contributed by atoms with Gasteiger partial charge in [-0.2, -0.15) is 0 Å². The molecule has 6 heteroatoms. The van der Waals surface area contributed by atoms with E-state index in [1.165, 1.54) is 4.90 Å². The minimum absolute atomic E-state index is 0.0981. The molecule has 0 atom stereocenters. The topological polar surface area (TPSA) is 40.6 Å². The number of carbonyl (C=O) groups is 2. The van der Waals surface area contributed by atoms with E-state index < -0.39 is 4.96 Å². The average Bonchev–Trinajstić information content (AvgIpc) is 2.49. The molecule has 1 aliphatic rings. The van der Waals surface area contributed by atoms with Gasteiger partial charge in [0.15, 0.2) is 4.96 Å². The Labute approximate surface area is 105 Å². The molecule has 16 heavy (non-hydrogen) atoms. The molecular formula is C10H16Cl2N2O2. The molecule has 0 unspecified atom stereocenters. The fraction of sp³-hybridized carbons (Fsp3) is 0.800. The van der Waals surface area contributed by atoms with Crippen LogP contribution in [-0.4, -0.2) is 39.8 Å². The van der Waals surface area contributed by atoms with E-state index in [1.54, 1.807) is 0 Å². The molecule has 0 bridgehead atoms. The van der Waals surface area contributed by atoms with Crippen molar-refractivity contribution in [1.82, 2.24) is 9.80 Å². The molecule has 0 aromatic carbocycles. The third-order valence-electron chi connectivity index (χ3n) is 2.55. The standard InChI is InChI=1S/C10H16Cl2N2O2/c1-2-3-4-5-6-13-7-8(15)14(9(11)12)10(13)16/h9H,2-7H2,1H3. The molecule has 0 radical (unpaired) electrons. The summed E-state index contributed by atoms with van der Waals surface area (Å²) >= 11 is 11.1. The van der Waals surface area contributed by atoms with Gasteiger partial charge in [-0.25, -0.2) is 9.69 Å². The SMILES string of the molecule is CCCCCCN1CC(=O)N(C(Cl)Cl)C1=O. The number of rotatable bonds is 6. The number of imide groups is 1. The third-order valence-corrected chi connectivity index (χ3v) is 2.94. The Morgan fingerprint density at radius 2 is 1.94 bits per heavy atom. The van der Waals surface area contributed by atoms with Crippen molar-refractivity contribution in [2.75, 3.05) is 13.1 Å². The van der Waals surface area contributed by atoms with Gasteiger partial charge in [-0.15, -0.1) is 0 Å². The Hall–Kier alpha value is -0.480. The lowest BCUT2D eigenvalue weighted by atomic mass is 10.2. The monoisotopic (exact) mass is 266 g/mol. The number of nitrogens with zero attached hydrogens (tertiary/aromatic N) is 2. The summed E-state index contributed by atoms with van der Waals surface area (Å²) < 4.78 is 0. The van der Waals surface area contributed by atoms with E-state index in [4.69, 9.17) is 23.2 Å². The minimum atomic E-state index is -1.08. The summed E-state index contributed by atoms with van der Waals surface area (Å²) in [5, 5.41) is 0. The minimum Gasteiger partial charge on any atom is -0.315 e. The van der Waals surface area contributed by atoms with E-state index in [2.05, 4.69) is 6.92 Å². The lowest BCUT2D eigenvalue weighted by Crippen LogP contribution is -2.36. The molecule has 1 heterocycles. The Kier molecular flexibility index (Phi) is 5.35. The zero-order valence-electron chi connectivity index (χ0n) is 9.29. The van der Waals surface area contributed by atoms with Crippen LogP contribution >= 0.6 is 23.2 Å². The van der Waals surface area contributed by atoms with Crippen LogP contribution in [0.3, 0.4) is 0 Å². The van der Waals surface area contributed by atoms with Gasteiger partial charge in [0.2, 0.25) is 0 Å². The fourth-order valence-electron chi connectivity index (χ4n) is 1.66. The molecule has 3 amide bonds. The molecule has 92 valence electrons. The van der Waals surface area contributed by atoms with Gasteiger partial charge in [0.25, 0.3) is 5.91 Å². The molecule has 0 aliphatic carbocycles. The van der Waals surface area contributed by atoms with Crippen LogP contribution in [0.5, 0.6) is 0 Å². The molecule has 1 aliphatic heterocycles. The molecule has 0 aromatic heterocycles. The fourth-order valence-corrected chi connectivity index (χ4v) is 2.05. The number of carbonyl (C=O) groups excluding carboxylic acids is 2. The number of alkyl halides is 2. The van der Waals surface area contributed by atoms with Gasteiger partial charge in [-0.3, -0.25) is 4.79 Å². The van der Waals surface area contributed by atoms with Crippen molar-refractivity contribution in [1.29, 1.82) is 0 Å². The van der Waals surface area contributed by atoms with Crippen molar-refractivity contribution in [3.63, 3.8) is 0 Å². The summed E-state index contributed by atoms with van der Waals surface area (Å²) in [6, 6.07) is -0.378. The first-order chi connectivity index (χ1) is 7.57. The molecule has 0 saturated carbocycles. The van der Waals surface area contributed by atoms with E-state index in [1.807, 2.05) is 0 Å². The van der Waals surface area contributed by atoms with Gasteiger partial charge in [-0.05, 0) is 6.42 Å². The molecule has 1 saturated heterocycles. The van der Waals surface area contributed by atoms with Crippen molar-refractivity contribution in [2.45, 2.75) is 37.6 Å². The largest absolute Gasteiger partial charge is 0.329 e. The van der Waals surface area contributed by atoms with Crippen LogP contribution in [0.1, 0.15) is 32.6 Å². The highest BCUT2D eigenvalue weighted by atomic mass is 35.5. The van der Waals surface area contributed by atoms with Gasteiger partial charge in [0.05, 0.1) is 0 Å². The molecular weight excluding hydrogens is 251 g/mol. The second-order valence-corrected chi connectivity index (χ2v) is 4.86. The second kappa shape index (κ2) is 6.30. The quantitative estimate of drug-likeness (QED) is 0.321. The summed E-state index contributed by atoms with van der Waals surface area (Å²) in [6.45, 7) is 2.82. The number of hydrogen-bond donors (Lipinski definition) is 0. The molecule has 0 N–H and O–H groups in total. The zero-order chi connectivity index (χ0) is 12.1. The third kappa shape index (κ3) is 3.25. The predicted molar refractivity (Wildman–Crippen MR) is 63.5 cm³/mol. The number of urea groups is 1. The Bertz CT molecular complexity index is 272. The van der Waals surface area contributed by atoms with E-state index >= 15 is 0 Å². The zero-order valence-corrected chi connectivity index (χ0v) is 10.8. The number of amides is 3. The van der Waals surface area contributed by atoms with E-state index in [-0.39, 0.29) is 18.5 Å². The van der Waals surface area contributed by atoms with Crippen LogP contribution in [0, 0.1) is 0 Å². The van der Waals surface area contributed by atoms with Crippen LogP contribution in [0.2, 0.25) is 0 Å². The molecule has 1 rings (SSSR count). The van der Waals surface area contributed by atoms with E-state index in [0.29, 0.717) is 6.54 Å². The van der Waals surface area contributed by atoms with Crippen molar-refractivity contribution >= 4 is 35.1 Å². The summed E-state index contributed by atoms with van der Waals surface area (Å²) in [4.78, 5) is 24.4. The molecule has 1 fully saturated rings. The maximum atomic E-state index is 11.7. The first kappa shape index (κ1) is 13.6. The van der Waals surface area contributed by atoms with Crippen LogP contribution in [0.4, 0.5) is 4.79 Å². The van der Waals surface area contributed by atoms with E-state index in [9.17, 15) is 9.59 Å². The van der Waals surface area contributed by atoms with Crippen LogP contribution in [0.15, 0.2) is 0 Å². The average molecular weight is 267 g/mol. The van der Waals surface area contributed by atoms with Gasteiger partial charge in [0, 0.05) is 6.54 Å². The smallest absolute Gasteiger partial charge is 0.315 e. The number of unbranched alkanes of at least 4 members (excludes halogenated alkanes) is 3. The van der Waals surface area contributed by atoms with Crippen LogP contribution in [-0.2, 0) is 4.79 Å². The number of halogens is 2. The van der Waals surface area contributed by atoms with Crippen molar-refractivity contribution in [2.24, 2.45) is 0 Å². The second-order valence-electron chi connectivity index (χ2n) is 3.81. The lowest BCUT2D eigenvalue weighted by molar-refractivity contribution is -0.125. The highest BCUT2D eigenvalue weighted by Crippen LogP contribution is 2.19. The van der Waals surface area contributed by atoms with Crippen LogP contribution in [0.25, 0.3) is 0 Å². The normalized spacial score (nSPS) is 16.8. The van der Waals surface area contributed by atoms with Gasteiger partial charge in [0.1, 0.15) is 6.54 Å². The van der Waals surface area contributed by atoms with Crippen molar-refractivity contribution in [3.05, 3.63) is 0 Å². The summed E-state index contributed by atoms with van der Waals surface area (Å²) in [5.41, 5.74) is 0. The number of hydrogen-bond acceptors (Lipinski definition) is 2. The Morgan fingerprint density at radius 1 is 1.25 bits per heavy atom. The van der Waals surface area contributed by atoms with Gasteiger partial charge in [-0.1, -0.05) is 49.4 Å². The summed E-state index contributed by atoms with van der Waals surface area (Å²) in [6.07, 6.45) is 4.27. The van der Waals surface area contributed by atoms with Crippen LogP contribution < -0.4 is 0 Å². The molecule has 0 spiro atoms. The maximum absolute atomic E-state index is 11.7. The van der Waals surface area contributed by atoms with Gasteiger partial charge < -0.3 is 4.90 Å². The maximum Gasteiger partial charge on any atom is 0.329 e. The molecule has 0 aromatic rings.